The molecule has 6 heteroatoms. The number of benzene rings is 5. The summed E-state index contributed by atoms with van der Waals surface area (Å²) in [5, 5.41) is 0. The van der Waals surface area contributed by atoms with Crippen molar-refractivity contribution in [3.8, 4) is 0 Å². The lowest BCUT2D eigenvalue weighted by Crippen LogP contribution is -2.60. The van der Waals surface area contributed by atoms with E-state index in [1.807, 2.05) is 122 Å². The predicted octanol–water partition coefficient (Wildman–Crippen LogP) is 8.29. The number of hydrogen-bond donors (Lipinski definition) is 0. The van der Waals surface area contributed by atoms with Gasteiger partial charge in [-0.15, -0.1) is 0 Å². The molecule has 5 aromatic carbocycles. The van der Waals surface area contributed by atoms with Crippen molar-refractivity contribution in [3.63, 3.8) is 0 Å². The van der Waals surface area contributed by atoms with Gasteiger partial charge in [0.25, 0.3) is 0 Å². The van der Waals surface area contributed by atoms with E-state index < -0.39 is 24.6 Å². The van der Waals surface area contributed by atoms with Crippen LogP contribution in [0.4, 0.5) is 0 Å². The molecule has 0 saturated carbocycles. The smallest absolute Gasteiger partial charge is 0.193 e. The van der Waals surface area contributed by atoms with E-state index in [9.17, 15) is 4.79 Å². The van der Waals surface area contributed by atoms with Crippen molar-refractivity contribution < 1.29 is 28.5 Å². The topological polar surface area (TPSA) is 63.2 Å². The van der Waals surface area contributed by atoms with Crippen LogP contribution >= 0.6 is 0 Å². The Morgan fingerprint density at radius 2 is 1.00 bits per heavy atom. The number of carbonyl (C=O) groups is 1. The van der Waals surface area contributed by atoms with E-state index in [1.165, 1.54) is 0 Å². The third kappa shape index (κ3) is 9.38. The summed E-state index contributed by atoms with van der Waals surface area (Å²) in [6, 6.07) is 45.8. The van der Waals surface area contributed by atoms with Crippen molar-refractivity contribution in [2.45, 2.75) is 70.3 Å². The summed E-state index contributed by atoms with van der Waals surface area (Å²) in [7, 11) is 1.64. The fourth-order valence-corrected chi connectivity index (χ4v) is 6.17. The number of carbonyl (C=O) groups excluding carboxylic acids is 1. The molecule has 1 fully saturated rings. The van der Waals surface area contributed by atoms with Crippen LogP contribution in [0.3, 0.4) is 0 Å². The van der Waals surface area contributed by atoms with Crippen molar-refractivity contribution in [2.24, 2.45) is 0 Å². The Bertz CT molecular complexity index is 1710. The number of aryl methyl sites for hydroxylation is 2. The van der Waals surface area contributed by atoms with Gasteiger partial charge in [0.1, 0.15) is 18.3 Å². The van der Waals surface area contributed by atoms with Crippen LogP contribution in [-0.4, -0.2) is 43.6 Å². The Morgan fingerprint density at radius 1 is 0.551 bits per heavy atom. The van der Waals surface area contributed by atoms with Crippen LogP contribution in [0.5, 0.6) is 0 Å². The minimum Gasteiger partial charge on any atom is -0.368 e. The average molecular weight is 657 g/mol. The van der Waals surface area contributed by atoms with E-state index in [0.717, 1.165) is 27.8 Å². The zero-order valence-electron chi connectivity index (χ0n) is 28.2. The van der Waals surface area contributed by atoms with Gasteiger partial charge in [0, 0.05) is 18.2 Å². The van der Waals surface area contributed by atoms with Crippen molar-refractivity contribution >= 4 is 5.78 Å². The minimum absolute atomic E-state index is 0.0134. The molecule has 1 heterocycles. The summed E-state index contributed by atoms with van der Waals surface area (Å²) in [5.74, 6) is 0.0134. The first-order valence-electron chi connectivity index (χ1n) is 16.9. The summed E-state index contributed by atoms with van der Waals surface area (Å²) in [6.07, 6.45) is -1.12. The lowest BCUT2D eigenvalue weighted by molar-refractivity contribution is -0.318. The van der Waals surface area contributed by atoms with Gasteiger partial charge >= 0.3 is 0 Å². The highest BCUT2D eigenvalue weighted by Gasteiger charge is 2.48. The Balaban J connectivity index is 1.23. The molecule has 1 aliphatic heterocycles. The van der Waals surface area contributed by atoms with Gasteiger partial charge < -0.3 is 23.7 Å². The molecule has 49 heavy (non-hydrogen) atoms. The fraction of sp³-hybridized carbons (Fsp3) is 0.279. The van der Waals surface area contributed by atoms with Crippen LogP contribution in [0, 0.1) is 6.92 Å². The first-order valence-corrected chi connectivity index (χ1v) is 16.9. The molecule has 0 spiro atoms. The molecule has 6 rings (SSSR count). The molecule has 5 aromatic rings. The molecule has 0 amide bonds. The lowest BCUT2D eigenvalue weighted by atomic mass is 9.93. The number of methoxy groups -OCH3 is 1. The average Bonchev–Trinajstić information content (AvgIpc) is 3.16. The summed E-state index contributed by atoms with van der Waals surface area (Å²) in [4.78, 5) is 13.1. The summed E-state index contributed by atoms with van der Waals surface area (Å²) in [6.45, 7) is 3.18. The normalized spacial score (nSPS) is 20.6. The molecule has 0 N–H and O–H groups in total. The van der Waals surface area contributed by atoms with Crippen molar-refractivity contribution in [1.82, 2.24) is 0 Å². The lowest BCUT2D eigenvalue weighted by Gasteiger charge is -2.45. The van der Waals surface area contributed by atoms with Crippen LogP contribution in [0.1, 0.15) is 50.2 Å². The van der Waals surface area contributed by atoms with E-state index in [0.29, 0.717) is 43.8 Å². The van der Waals surface area contributed by atoms with Crippen LogP contribution < -0.4 is 0 Å². The largest absolute Gasteiger partial charge is 0.368 e. The monoisotopic (exact) mass is 656 g/mol. The summed E-state index contributed by atoms with van der Waals surface area (Å²) in [5.41, 5.74) is 6.74. The number of hydrogen-bond acceptors (Lipinski definition) is 6. The number of rotatable bonds is 15. The highest BCUT2D eigenvalue weighted by molar-refractivity contribution is 6.09. The molecule has 0 aliphatic carbocycles. The maximum atomic E-state index is 13.1. The molecule has 0 bridgehead atoms. The van der Waals surface area contributed by atoms with E-state index >= 15 is 0 Å². The number of ketones is 1. The molecule has 0 radical (unpaired) electrons. The van der Waals surface area contributed by atoms with Crippen molar-refractivity contribution in [1.29, 1.82) is 0 Å². The Kier molecular flexibility index (Phi) is 12.2. The predicted molar refractivity (Wildman–Crippen MR) is 190 cm³/mol. The van der Waals surface area contributed by atoms with Gasteiger partial charge in [-0.1, -0.05) is 145 Å². The molecule has 1 saturated heterocycles. The first-order chi connectivity index (χ1) is 24.1. The van der Waals surface area contributed by atoms with Gasteiger partial charge in [0.05, 0.1) is 25.9 Å². The third-order valence-electron chi connectivity index (χ3n) is 8.93. The molecule has 0 aromatic heterocycles. The molecule has 6 nitrogen and oxygen atoms in total. The van der Waals surface area contributed by atoms with Gasteiger partial charge in [-0.2, -0.15) is 0 Å². The second kappa shape index (κ2) is 17.3. The third-order valence-corrected chi connectivity index (χ3v) is 8.93. The van der Waals surface area contributed by atoms with Crippen LogP contribution in [0.15, 0.2) is 140 Å². The Morgan fingerprint density at radius 3 is 1.49 bits per heavy atom. The van der Waals surface area contributed by atoms with Gasteiger partial charge in [-0.05, 0) is 42.0 Å². The maximum absolute atomic E-state index is 13.1. The second-order valence-electron chi connectivity index (χ2n) is 12.5. The summed E-state index contributed by atoms with van der Waals surface area (Å²) >= 11 is 0. The quantitative estimate of drug-likeness (QED) is 0.106. The highest BCUT2D eigenvalue weighted by atomic mass is 16.7. The Labute approximate surface area is 289 Å². The first kappa shape index (κ1) is 34.4. The second-order valence-corrected chi connectivity index (χ2v) is 12.5. The minimum atomic E-state index is -0.666. The molecule has 5 atom stereocenters. The molecule has 0 unspecified atom stereocenters. The standard InChI is InChI=1S/C43H44O6/c1-31-18-23-36(24-19-31)39(44)37-25-20-32(21-26-37)22-27-38-40(46-28-33-12-6-3-7-13-33)41(47-29-34-14-8-4-9-15-34)42(43(45-2)49-38)48-30-35-16-10-5-11-17-35/h3-21,23-26,38,40-43H,22,27-30H2,1-2H3/t38-,40-,41+,42-,43+/m1/s1. The van der Waals surface area contributed by atoms with E-state index in [1.54, 1.807) is 7.11 Å². The van der Waals surface area contributed by atoms with E-state index in [4.69, 9.17) is 23.7 Å². The molecular weight excluding hydrogens is 612 g/mol. The Hall–Kier alpha value is -4.43. The fourth-order valence-electron chi connectivity index (χ4n) is 6.17. The molecular formula is C43H44O6. The SMILES string of the molecule is CO[C@H]1O[C@H](CCc2ccc(C(=O)c3ccc(C)cc3)cc2)[C@@H](OCc2ccccc2)[C@H](OCc2ccccc2)[C@H]1OCc1ccccc1. The zero-order valence-corrected chi connectivity index (χ0v) is 28.2. The summed E-state index contributed by atoms with van der Waals surface area (Å²) < 4.78 is 32.6. The van der Waals surface area contributed by atoms with E-state index in [2.05, 4.69) is 24.3 Å². The van der Waals surface area contributed by atoms with Crippen molar-refractivity contribution in [2.75, 3.05) is 7.11 Å². The van der Waals surface area contributed by atoms with E-state index in [-0.39, 0.29) is 11.9 Å². The van der Waals surface area contributed by atoms with Gasteiger partial charge in [-0.3, -0.25) is 4.79 Å². The number of ether oxygens (including phenoxy) is 5. The molecule has 252 valence electrons. The van der Waals surface area contributed by atoms with Gasteiger partial charge in [0.15, 0.2) is 12.1 Å². The van der Waals surface area contributed by atoms with Crippen LogP contribution in [0.25, 0.3) is 0 Å². The van der Waals surface area contributed by atoms with Gasteiger partial charge in [-0.25, -0.2) is 0 Å². The zero-order chi connectivity index (χ0) is 33.8. The highest BCUT2D eigenvalue weighted by Crippen LogP contribution is 2.33. The maximum Gasteiger partial charge on any atom is 0.193 e. The van der Waals surface area contributed by atoms with Crippen molar-refractivity contribution in [3.05, 3.63) is 178 Å². The molecule has 1 aliphatic rings. The van der Waals surface area contributed by atoms with Crippen LogP contribution in [0.2, 0.25) is 0 Å². The van der Waals surface area contributed by atoms with Gasteiger partial charge in [0.2, 0.25) is 0 Å². The van der Waals surface area contributed by atoms with Crippen LogP contribution in [-0.2, 0) is 49.9 Å².